The van der Waals surface area contributed by atoms with Gasteiger partial charge in [0.2, 0.25) is 0 Å². The largest absolute Gasteiger partial charge is 0.496 e. The lowest BCUT2D eigenvalue weighted by Crippen LogP contribution is -2.23. The standard InChI is InChI=1S/C17H21BrN2O/c1-4-19-16(11-15-12(2)6-5-9-20-15)13-7-8-17(21-3)14(18)10-13/h5-10,16,19H,4,11H2,1-3H3. The molecule has 1 aromatic carbocycles. The molecule has 1 heterocycles. The first-order valence-electron chi connectivity index (χ1n) is 7.13. The zero-order chi connectivity index (χ0) is 15.2. The van der Waals surface area contributed by atoms with Crippen LogP contribution >= 0.6 is 15.9 Å². The molecule has 0 saturated heterocycles. The zero-order valence-electron chi connectivity index (χ0n) is 12.7. The van der Waals surface area contributed by atoms with Crippen molar-refractivity contribution >= 4 is 15.9 Å². The number of benzene rings is 1. The SMILES string of the molecule is CCNC(Cc1ncccc1C)c1ccc(OC)c(Br)c1. The Morgan fingerprint density at radius 3 is 2.76 bits per heavy atom. The number of nitrogens with zero attached hydrogens (tertiary/aromatic N) is 1. The van der Waals surface area contributed by atoms with Gasteiger partial charge >= 0.3 is 0 Å². The second-order valence-corrected chi connectivity index (χ2v) is 5.83. The summed E-state index contributed by atoms with van der Waals surface area (Å²) in [6, 6.07) is 10.5. The third-order valence-electron chi connectivity index (χ3n) is 3.54. The number of methoxy groups -OCH3 is 1. The molecule has 2 aromatic rings. The predicted molar refractivity (Wildman–Crippen MR) is 89.8 cm³/mol. The molecule has 21 heavy (non-hydrogen) atoms. The summed E-state index contributed by atoms with van der Waals surface area (Å²) in [4.78, 5) is 4.51. The van der Waals surface area contributed by atoms with E-state index in [9.17, 15) is 0 Å². The molecule has 0 amide bonds. The number of halogens is 1. The predicted octanol–water partition coefficient (Wildman–Crippen LogP) is 4.05. The molecule has 0 aliphatic rings. The minimum Gasteiger partial charge on any atom is -0.496 e. The van der Waals surface area contributed by atoms with Crippen molar-refractivity contribution in [2.24, 2.45) is 0 Å². The molecule has 2 rings (SSSR count). The molecule has 0 fully saturated rings. The molecule has 0 bridgehead atoms. The van der Waals surface area contributed by atoms with Gasteiger partial charge in [0.05, 0.1) is 11.6 Å². The van der Waals surface area contributed by atoms with E-state index in [0.29, 0.717) is 0 Å². The first-order chi connectivity index (χ1) is 10.2. The molecular weight excluding hydrogens is 328 g/mol. The quantitative estimate of drug-likeness (QED) is 0.854. The summed E-state index contributed by atoms with van der Waals surface area (Å²) in [5.41, 5.74) is 3.60. The van der Waals surface area contributed by atoms with E-state index in [1.54, 1.807) is 7.11 Å². The van der Waals surface area contributed by atoms with Crippen LogP contribution in [-0.2, 0) is 6.42 Å². The maximum Gasteiger partial charge on any atom is 0.133 e. The average Bonchev–Trinajstić information content (AvgIpc) is 2.49. The lowest BCUT2D eigenvalue weighted by atomic mass is 9.99. The Morgan fingerprint density at radius 1 is 1.33 bits per heavy atom. The van der Waals surface area contributed by atoms with Crippen LogP contribution in [0.1, 0.15) is 29.8 Å². The van der Waals surface area contributed by atoms with Crippen molar-refractivity contribution in [2.45, 2.75) is 26.3 Å². The number of aryl methyl sites for hydroxylation is 1. The Kier molecular flexibility index (Phi) is 5.76. The Morgan fingerprint density at radius 2 is 2.14 bits per heavy atom. The average molecular weight is 349 g/mol. The lowest BCUT2D eigenvalue weighted by Gasteiger charge is -2.20. The number of rotatable bonds is 6. The highest BCUT2D eigenvalue weighted by molar-refractivity contribution is 9.10. The highest BCUT2D eigenvalue weighted by atomic mass is 79.9. The fourth-order valence-electron chi connectivity index (χ4n) is 2.38. The molecule has 0 aliphatic heterocycles. The molecule has 0 aliphatic carbocycles. The Balaban J connectivity index is 2.26. The van der Waals surface area contributed by atoms with Gasteiger partial charge in [-0.05, 0) is 58.7 Å². The summed E-state index contributed by atoms with van der Waals surface area (Å²) >= 11 is 3.56. The second-order valence-electron chi connectivity index (χ2n) is 4.98. The molecule has 1 aromatic heterocycles. The van der Waals surface area contributed by atoms with Crippen molar-refractivity contribution in [3.05, 3.63) is 57.8 Å². The number of likely N-dealkylation sites (N-methyl/N-ethyl adjacent to an activating group) is 1. The molecule has 0 radical (unpaired) electrons. The molecule has 1 N–H and O–H groups in total. The van der Waals surface area contributed by atoms with Gasteiger partial charge in [-0.25, -0.2) is 0 Å². The number of hydrogen-bond acceptors (Lipinski definition) is 3. The van der Waals surface area contributed by atoms with E-state index < -0.39 is 0 Å². The minimum absolute atomic E-state index is 0.241. The summed E-state index contributed by atoms with van der Waals surface area (Å²) in [6.07, 6.45) is 2.73. The fraction of sp³-hybridized carbons (Fsp3) is 0.353. The Labute approximate surface area is 134 Å². The summed E-state index contributed by atoms with van der Waals surface area (Å²) in [5, 5.41) is 3.54. The maximum atomic E-state index is 5.30. The molecule has 0 spiro atoms. The van der Waals surface area contributed by atoms with Crippen molar-refractivity contribution in [2.75, 3.05) is 13.7 Å². The third-order valence-corrected chi connectivity index (χ3v) is 4.16. The second kappa shape index (κ2) is 7.57. The van der Waals surface area contributed by atoms with E-state index in [-0.39, 0.29) is 6.04 Å². The molecule has 1 unspecified atom stereocenters. The van der Waals surface area contributed by atoms with Gasteiger partial charge in [0.25, 0.3) is 0 Å². The van der Waals surface area contributed by atoms with E-state index in [2.05, 4.69) is 58.3 Å². The number of hydrogen-bond donors (Lipinski definition) is 1. The van der Waals surface area contributed by atoms with Crippen LogP contribution < -0.4 is 10.1 Å². The number of aromatic nitrogens is 1. The van der Waals surface area contributed by atoms with Crippen LogP contribution in [0.5, 0.6) is 5.75 Å². The number of nitrogens with one attached hydrogen (secondary N) is 1. The van der Waals surface area contributed by atoms with E-state index in [0.717, 1.165) is 28.9 Å². The fourth-order valence-corrected chi connectivity index (χ4v) is 2.94. The number of pyridine rings is 1. The van der Waals surface area contributed by atoms with Gasteiger partial charge in [-0.3, -0.25) is 4.98 Å². The summed E-state index contributed by atoms with van der Waals surface area (Å²) in [5.74, 6) is 0.850. The first kappa shape index (κ1) is 16.0. The van der Waals surface area contributed by atoms with Crippen LogP contribution in [0, 0.1) is 6.92 Å². The van der Waals surface area contributed by atoms with Gasteiger partial charge in [0.15, 0.2) is 0 Å². The highest BCUT2D eigenvalue weighted by Crippen LogP contribution is 2.29. The van der Waals surface area contributed by atoms with E-state index in [1.165, 1.54) is 11.1 Å². The molecule has 3 nitrogen and oxygen atoms in total. The topological polar surface area (TPSA) is 34.2 Å². The van der Waals surface area contributed by atoms with Crippen LogP contribution in [0.15, 0.2) is 41.0 Å². The van der Waals surface area contributed by atoms with E-state index in [1.807, 2.05) is 18.3 Å². The first-order valence-corrected chi connectivity index (χ1v) is 7.92. The normalized spacial score (nSPS) is 12.2. The van der Waals surface area contributed by atoms with Crippen molar-refractivity contribution < 1.29 is 4.74 Å². The number of ether oxygens (including phenoxy) is 1. The van der Waals surface area contributed by atoms with Crippen LogP contribution in [0.25, 0.3) is 0 Å². The van der Waals surface area contributed by atoms with Gasteiger partial charge < -0.3 is 10.1 Å². The van der Waals surface area contributed by atoms with Crippen LogP contribution in [-0.4, -0.2) is 18.6 Å². The van der Waals surface area contributed by atoms with Crippen molar-refractivity contribution in [3.63, 3.8) is 0 Å². The summed E-state index contributed by atoms with van der Waals surface area (Å²) in [6.45, 7) is 5.15. The smallest absolute Gasteiger partial charge is 0.133 e. The van der Waals surface area contributed by atoms with Crippen molar-refractivity contribution in [1.29, 1.82) is 0 Å². The molecule has 0 saturated carbocycles. The van der Waals surface area contributed by atoms with Crippen molar-refractivity contribution in [1.82, 2.24) is 10.3 Å². The van der Waals surface area contributed by atoms with Gasteiger partial charge in [-0.1, -0.05) is 19.1 Å². The van der Waals surface area contributed by atoms with E-state index in [4.69, 9.17) is 4.74 Å². The summed E-state index contributed by atoms with van der Waals surface area (Å²) < 4.78 is 6.27. The van der Waals surface area contributed by atoms with E-state index >= 15 is 0 Å². The minimum atomic E-state index is 0.241. The Bertz CT molecular complexity index is 601. The lowest BCUT2D eigenvalue weighted by molar-refractivity contribution is 0.411. The van der Waals surface area contributed by atoms with Crippen LogP contribution in [0.2, 0.25) is 0 Å². The van der Waals surface area contributed by atoms with Crippen molar-refractivity contribution in [3.8, 4) is 5.75 Å². The molecule has 112 valence electrons. The van der Waals surface area contributed by atoms with Crippen LogP contribution in [0.3, 0.4) is 0 Å². The molecule has 1 atom stereocenters. The highest BCUT2D eigenvalue weighted by Gasteiger charge is 2.14. The Hall–Kier alpha value is -1.39. The van der Waals surface area contributed by atoms with Crippen LogP contribution in [0.4, 0.5) is 0 Å². The monoisotopic (exact) mass is 348 g/mol. The zero-order valence-corrected chi connectivity index (χ0v) is 14.3. The maximum absolute atomic E-state index is 5.30. The molecule has 4 heteroatoms. The molecular formula is C17H21BrN2O. The van der Waals surface area contributed by atoms with Gasteiger partial charge in [-0.15, -0.1) is 0 Å². The van der Waals surface area contributed by atoms with Gasteiger partial charge in [-0.2, -0.15) is 0 Å². The third kappa shape index (κ3) is 4.05. The summed E-state index contributed by atoms with van der Waals surface area (Å²) in [7, 11) is 1.68. The van der Waals surface area contributed by atoms with Gasteiger partial charge in [0, 0.05) is 24.4 Å². The van der Waals surface area contributed by atoms with Gasteiger partial charge in [0.1, 0.15) is 5.75 Å².